The maximum Gasteiger partial charge on any atom is 0.251 e. The second kappa shape index (κ2) is 7.74. The number of benzene rings is 1. The average Bonchev–Trinajstić information content (AvgIpc) is 3.11. The van der Waals surface area contributed by atoms with E-state index in [-0.39, 0.29) is 5.91 Å². The highest BCUT2D eigenvalue weighted by Crippen LogP contribution is 2.14. The molecule has 7 heteroatoms. The van der Waals surface area contributed by atoms with Crippen molar-refractivity contribution in [3.63, 3.8) is 0 Å². The Bertz CT molecular complexity index is 664. The van der Waals surface area contributed by atoms with Crippen LogP contribution in [0.2, 0.25) is 0 Å². The first-order valence-electron chi connectivity index (χ1n) is 8.16. The average molecular weight is 326 g/mol. The molecule has 7 nitrogen and oxygen atoms in total. The molecule has 0 radical (unpaired) electrons. The second-order valence-corrected chi connectivity index (χ2v) is 5.85. The molecular formula is C17H22N6O. The summed E-state index contributed by atoms with van der Waals surface area (Å²) >= 11 is 0. The molecule has 0 bridgehead atoms. The van der Waals surface area contributed by atoms with E-state index in [1.54, 1.807) is 12.1 Å². The van der Waals surface area contributed by atoms with Crippen LogP contribution in [0, 0.1) is 0 Å². The van der Waals surface area contributed by atoms with Gasteiger partial charge in [0.15, 0.2) is 0 Å². The zero-order chi connectivity index (χ0) is 16.8. The number of nitrogens with zero attached hydrogens (tertiary/aromatic N) is 3. The largest absolute Gasteiger partial charge is 0.396 e. The fourth-order valence-corrected chi connectivity index (χ4v) is 2.67. The molecule has 0 atom stereocenters. The van der Waals surface area contributed by atoms with E-state index in [0.29, 0.717) is 23.7 Å². The van der Waals surface area contributed by atoms with Crippen LogP contribution in [-0.4, -0.2) is 47.0 Å². The number of likely N-dealkylation sites (tertiary alicyclic amines) is 1. The zero-order valence-electron chi connectivity index (χ0n) is 13.5. The Balaban J connectivity index is 1.49. The van der Waals surface area contributed by atoms with E-state index in [2.05, 4.69) is 25.5 Å². The van der Waals surface area contributed by atoms with Crippen LogP contribution in [0.1, 0.15) is 23.2 Å². The molecule has 0 unspecified atom stereocenters. The van der Waals surface area contributed by atoms with E-state index in [0.717, 1.165) is 25.3 Å². The Morgan fingerprint density at radius 2 is 1.79 bits per heavy atom. The van der Waals surface area contributed by atoms with Gasteiger partial charge in [0.05, 0.1) is 18.1 Å². The smallest absolute Gasteiger partial charge is 0.251 e. The van der Waals surface area contributed by atoms with Crippen molar-refractivity contribution in [3.05, 3.63) is 42.2 Å². The minimum Gasteiger partial charge on any atom is -0.396 e. The Hall–Kier alpha value is -2.67. The minimum absolute atomic E-state index is 0.0514. The molecule has 3 rings (SSSR count). The van der Waals surface area contributed by atoms with Crippen LogP contribution in [0.4, 0.5) is 17.3 Å². The molecule has 2 heterocycles. The number of hydrogen-bond donors (Lipinski definition) is 3. The van der Waals surface area contributed by atoms with Crippen molar-refractivity contribution in [2.45, 2.75) is 12.8 Å². The van der Waals surface area contributed by atoms with Crippen LogP contribution < -0.4 is 16.4 Å². The van der Waals surface area contributed by atoms with E-state index in [4.69, 9.17) is 5.73 Å². The lowest BCUT2D eigenvalue weighted by Crippen LogP contribution is -2.33. The number of nitrogen functional groups attached to an aromatic ring is 1. The van der Waals surface area contributed by atoms with Crippen molar-refractivity contribution in [1.82, 2.24) is 20.2 Å². The molecule has 2 aromatic rings. The van der Waals surface area contributed by atoms with Gasteiger partial charge in [-0.3, -0.25) is 4.79 Å². The maximum atomic E-state index is 12.1. The van der Waals surface area contributed by atoms with Crippen molar-refractivity contribution in [2.75, 3.05) is 37.2 Å². The number of carbonyl (C=O) groups is 1. The number of hydrogen-bond acceptors (Lipinski definition) is 6. The Morgan fingerprint density at radius 3 is 2.46 bits per heavy atom. The lowest BCUT2D eigenvalue weighted by Gasteiger charge is -2.14. The normalized spacial score (nSPS) is 14.5. The van der Waals surface area contributed by atoms with E-state index < -0.39 is 0 Å². The number of nitrogens with two attached hydrogens (primary N) is 1. The summed E-state index contributed by atoms with van der Waals surface area (Å²) in [4.78, 5) is 22.7. The molecule has 0 aliphatic carbocycles. The molecular weight excluding hydrogens is 304 g/mol. The number of amides is 1. The summed E-state index contributed by atoms with van der Waals surface area (Å²) in [6, 6.07) is 7.22. The first-order valence-corrected chi connectivity index (χ1v) is 8.16. The van der Waals surface area contributed by atoms with Crippen molar-refractivity contribution in [1.29, 1.82) is 0 Å². The second-order valence-electron chi connectivity index (χ2n) is 5.85. The van der Waals surface area contributed by atoms with Crippen molar-refractivity contribution in [3.8, 4) is 0 Å². The van der Waals surface area contributed by atoms with Crippen LogP contribution >= 0.6 is 0 Å². The van der Waals surface area contributed by atoms with Gasteiger partial charge in [-0.15, -0.1) is 0 Å². The molecule has 1 aromatic carbocycles. The van der Waals surface area contributed by atoms with Gasteiger partial charge in [-0.25, -0.2) is 9.97 Å². The van der Waals surface area contributed by atoms with E-state index in [1.165, 1.54) is 25.2 Å². The first kappa shape index (κ1) is 16.2. The van der Waals surface area contributed by atoms with Gasteiger partial charge in [0.1, 0.15) is 0 Å². The number of carbonyl (C=O) groups excluding carboxylic acids is 1. The molecule has 1 fully saturated rings. The summed E-state index contributed by atoms with van der Waals surface area (Å²) in [5, 5.41) is 6.02. The Kier molecular flexibility index (Phi) is 5.22. The molecule has 126 valence electrons. The van der Waals surface area contributed by atoms with Gasteiger partial charge in [0.2, 0.25) is 5.95 Å². The van der Waals surface area contributed by atoms with E-state index in [1.807, 2.05) is 12.1 Å². The molecule has 1 saturated heterocycles. The number of nitrogens with one attached hydrogen (secondary N) is 2. The molecule has 1 aliphatic heterocycles. The fraction of sp³-hybridized carbons (Fsp3) is 0.353. The summed E-state index contributed by atoms with van der Waals surface area (Å²) in [5.41, 5.74) is 7.52. The Morgan fingerprint density at radius 1 is 1.12 bits per heavy atom. The van der Waals surface area contributed by atoms with Crippen LogP contribution in [-0.2, 0) is 0 Å². The highest BCUT2D eigenvalue weighted by molar-refractivity contribution is 5.94. The highest BCUT2D eigenvalue weighted by Gasteiger charge is 2.11. The third kappa shape index (κ3) is 4.42. The monoisotopic (exact) mass is 326 g/mol. The predicted octanol–water partition coefficient (Wildman–Crippen LogP) is 1.63. The molecule has 1 aromatic heterocycles. The van der Waals surface area contributed by atoms with Crippen LogP contribution in [0.15, 0.2) is 36.7 Å². The van der Waals surface area contributed by atoms with Crippen molar-refractivity contribution in [2.24, 2.45) is 0 Å². The highest BCUT2D eigenvalue weighted by atomic mass is 16.1. The molecule has 0 spiro atoms. The van der Waals surface area contributed by atoms with Crippen LogP contribution in [0.5, 0.6) is 0 Å². The summed E-state index contributed by atoms with van der Waals surface area (Å²) in [6.07, 6.45) is 5.61. The molecule has 1 aliphatic rings. The fourth-order valence-electron chi connectivity index (χ4n) is 2.67. The van der Waals surface area contributed by atoms with Gasteiger partial charge in [-0.05, 0) is 50.2 Å². The maximum absolute atomic E-state index is 12.1. The topological polar surface area (TPSA) is 96.2 Å². The van der Waals surface area contributed by atoms with Gasteiger partial charge in [0.25, 0.3) is 5.91 Å². The van der Waals surface area contributed by atoms with Crippen molar-refractivity contribution >= 4 is 23.2 Å². The summed E-state index contributed by atoms with van der Waals surface area (Å²) in [6.45, 7) is 3.88. The minimum atomic E-state index is -0.0514. The molecule has 0 saturated carbocycles. The van der Waals surface area contributed by atoms with Crippen molar-refractivity contribution < 1.29 is 4.79 Å². The van der Waals surface area contributed by atoms with Crippen LogP contribution in [0.25, 0.3) is 0 Å². The number of aromatic nitrogens is 2. The number of anilines is 3. The van der Waals surface area contributed by atoms with Gasteiger partial charge in [0, 0.05) is 24.3 Å². The predicted molar refractivity (Wildman–Crippen MR) is 94.2 cm³/mol. The number of rotatable bonds is 6. The lowest BCUT2D eigenvalue weighted by molar-refractivity contribution is 0.0950. The summed E-state index contributed by atoms with van der Waals surface area (Å²) < 4.78 is 0. The van der Waals surface area contributed by atoms with Crippen LogP contribution in [0.3, 0.4) is 0 Å². The SMILES string of the molecule is Nc1cnc(Nc2ccc(C(=O)NCCN3CCCC3)cc2)nc1. The Labute approximate surface area is 141 Å². The summed E-state index contributed by atoms with van der Waals surface area (Å²) in [5.74, 6) is 0.413. The quantitative estimate of drug-likeness (QED) is 0.746. The molecule has 24 heavy (non-hydrogen) atoms. The summed E-state index contributed by atoms with van der Waals surface area (Å²) in [7, 11) is 0. The molecule has 4 N–H and O–H groups in total. The van der Waals surface area contributed by atoms with E-state index in [9.17, 15) is 4.79 Å². The van der Waals surface area contributed by atoms with E-state index >= 15 is 0 Å². The lowest BCUT2D eigenvalue weighted by atomic mass is 10.2. The molecule has 1 amide bonds. The third-order valence-electron chi connectivity index (χ3n) is 3.99. The third-order valence-corrected chi connectivity index (χ3v) is 3.99. The van der Waals surface area contributed by atoms with Gasteiger partial charge in [-0.2, -0.15) is 0 Å². The van der Waals surface area contributed by atoms with Gasteiger partial charge in [-0.1, -0.05) is 0 Å². The first-order chi connectivity index (χ1) is 11.7. The zero-order valence-corrected chi connectivity index (χ0v) is 13.5. The standard InChI is InChI=1S/C17H22N6O/c18-14-11-20-17(21-12-14)22-15-5-3-13(4-6-15)16(24)19-7-10-23-8-1-2-9-23/h3-6,11-12H,1-2,7-10,18H2,(H,19,24)(H,20,21,22). The van der Waals surface area contributed by atoms with Gasteiger partial charge >= 0.3 is 0 Å². The van der Waals surface area contributed by atoms with Gasteiger partial charge < -0.3 is 21.3 Å².